The molecule has 13 heteroatoms. The summed E-state index contributed by atoms with van der Waals surface area (Å²) in [5.41, 5.74) is 0.323. The van der Waals surface area contributed by atoms with Crippen LogP contribution in [0.5, 0.6) is 0 Å². The Kier molecular flexibility index (Phi) is 8.31. The largest absolute Gasteiger partial charge is 0.459 e. The van der Waals surface area contributed by atoms with Crippen molar-refractivity contribution in [2.24, 2.45) is 0 Å². The van der Waals surface area contributed by atoms with Crippen LogP contribution in [0.25, 0.3) is 16.7 Å². The summed E-state index contributed by atoms with van der Waals surface area (Å²) in [5.74, 6) is 0.559. The molecular weight excluding hydrogens is 664 g/mol. The van der Waals surface area contributed by atoms with Crippen molar-refractivity contribution < 1.29 is 17.9 Å². The lowest BCUT2D eigenvalue weighted by Crippen LogP contribution is -2.43. The molecule has 1 aliphatic carbocycles. The Morgan fingerprint density at radius 1 is 1.24 bits per heavy atom. The lowest BCUT2D eigenvalue weighted by molar-refractivity contribution is -0.152. The Morgan fingerprint density at radius 3 is 2.58 bits per heavy atom. The van der Waals surface area contributed by atoms with Gasteiger partial charge in [-0.1, -0.05) is 23.2 Å². The molecule has 3 aromatic rings. The fourth-order valence-corrected chi connectivity index (χ4v) is 7.20. The van der Waals surface area contributed by atoms with Crippen LogP contribution in [-0.4, -0.2) is 53.6 Å². The molecule has 0 saturated heterocycles. The highest BCUT2D eigenvalue weighted by Gasteiger charge is 2.35. The maximum Gasteiger partial charge on any atom is 0.327 e. The third-order valence-corrected chi connectivity index (χ3v) is 8.98. The molecule has 1 atom stereocenters. The Bertz CT molecular complexity index is 1550. The van der Waals surface area contributed by atoms with Gasteiger partial charge < -0.3 is 10.1 Å². The number of rotatable bonds is 7. The van der Waals surface area contributed by atoms with Gasteiger partial charge in [0.2, 0.25) is 10.0 Å². The Balaban J connectivity index is 1.79. The molecule has 0 bridgehead atoms. The fraction of sp³-hybridized carbons (Fsp3) is 0.320. The van der Waals surface area contributed by atoms with E-state index in [1.807, 2.05) is 22.9 Å². The van der Waals surface area contributed by atoms with Crippen molar-refractivity contribution in [2.75, 3.05) is 23.2 Å². The van der Waals surface area contributed by atoms with E-state index in [0.717, 1.165) is 18.8 Å². The number of aromatic nitrogens is 3. The molecule has 0 amide bonds. The van der Waals surface area contributed by atoms with Crippen LogP contribution < -0.4 is 9.62 Å². The second-order valence-electron chi connectivity index (χ2n) is 9.60. The summed E-state index contributed by atoms with van der Waals surface area (Å²) in [4.78, 5) is 12.8. The summed E-state index contributed by atoms with van der Waals surface area (Å²) in [7, 11) is -2.36. The Labute approximate surface area is 245 Å². The van der Waals surface area contributed by atoms with Gasteiger partial charge in [0.25, 0.3) is 0 Å². The average molecular weight is 690 g/mol. The standard InChI is InChI=1S/C25H26Cl2IN5O4S/c1-25(2,3)37-24(34)14-33(38(35,36)18-10-15(26)9-16(27)11-18)17-5-6-21-19(12-17)20(28)13-32(21)23-8-7-22(29-4)30-31-23/h5-10,12-13,18H,11,14H2,1-4H3,(H,29,30). The zero-order valence-corrected chi connectivity index (χ0v) is 25.6. The molecule has 1 aliphatic rings. The molecule has 1 unspecified atom stereocenters. The zero-order chi connectivity index (χ0) is 27.8. The number of nitrogens with zero attached hydrogens (tertiary/aromatic N) is 4. The molecule has 0 saturated carbocycles. The van der Waals surface area contributed by atoms with Gasteiger partial charge in [-0.3, -0.25) is 13.7 Å². The van der Waals surface area contributed by atoms with Gasteiger partial charge in [0, 0.05) is 38.7 Å². The minimum absolute atomic E-state index is 0.0440. The van der Waals surface area contributed by atoms with Gasteiger partial charge >= 0.3 is 5.97 Å². The van der Waals surface area contributed by atoms with E-state index in [0.29, 0.717) is 22.4 Å². The molecule has 0 spiro atoms. The van der Waals surface area contributed by atoms with Crippen molar-refractivity contribution in [3.63, 3.8) is 0 Å². The number of esters is 1. The number of carbonyl (C=O) groups excluding carboxylic acids is 1. The number of fused-ring (bicyclic) bond motifs is 1. The number of sulfonamides is 1. The molecule has 0 aliphatic heterocycles. The number of carbonyl (C=O) groups is 1. The molecule has 1 aromatic carbocycles. The van der Waals surface area contributed by atoms with Crippen molar-refractivity contribution in [3.05, 3.63) is 62.3 Å². The fourth-order valence-electron chi connectivity index (χ4n) is 3.97. The van der Waals surface area contributed by atoms with E-state index in [2.05, 4.69) is 38.1 Å². The molecule has 2 aromatic heterocycles. The molecular formula is C25H26Cl2IN5O4S. The average Bonchev–Trinajstić information content (AvgIpc) is 3.16. The number of benzene rings is 1. The number of halogens is 3. The highest BCUT2D eigenvalue weighted by molar-refractivity contribution is 14.1. The number of hydrogen-bond donors (Lipinski definition) is 1. The predicted molar refractivity (Wildman–Crippen MR) is 160 cm³/mol. The molecule has 1 N–H and O–H groups in total. The minimum Gasteiger partial charge on any atom is -0.459 e. The first-order valence-corrected chi connectivity index (χ1v) is 14.9. The van der Waals surface area contributed by atoms with Crippen molar-refractivity contribution in [3.8, 4) is 5.82 Å². The SMILES string of the molecule is CNc1ccc(-n2cc(I)c3cc(N(CC(=O)OC(C)(C)C)S(=O)(=O)C4C=C(Cl)C=C(Cl)C4)ccc32)nn1. The van der Waals surface area contributed by atoms with Gasteiger partial charge in [-0.15, -0.1) is 10.2 Å². The molecule has 2 heterocycles. The van der Waals surface area contributed by atoms with Crippen LogP contribution >= 0.6 is 45.8 Å². The first-order valence-electron chi connectivity index (χ1n) is 11.6. The molecule has 0 fully saturated rings. The highest BCUT2D eigenvalue weighted by Crippen LogP contribution is 2.34. The van der Waals surface area contributed by atoms with E-state index >= 15 is 0 Å². The smallest absolute Gasteiger partial charge is 0.327 e. The first-order chi connectivity index (χ1) is 17.8. The molecule has 9 nitrogen and oxygen atoms in total. The summed E-state index contributed by atoms with van der Waals surface area (Å²) in [6, 6.07) is 8.81. The van der Waals surface area contributed by atoms with Crippen molar-refractivity contribution in [1.82, 2.24) is 14.8 Å². The van der Waals surface area contributed by atoms with Crippen molar-refractivity contribution in [1.29, 1.82) is 0 Å². The van der Waals surface area contributed by atoms with Gasteiger partial charge in [-0.25, -0.2) is 8.42 Å². The molecule has 38 heavy (non-hydrogen) atoms. The van der Waals surface area contributed by atoms with E-state index in [1.165, 1.54) is 12.2 Å². The highest BCUT2D eigenvalue weighted by atomic mass is 127. The normalized spacial score (nSPS) is 16.1. The maximum absolute atomic E-state index is 13.9. The lowest BCUT2D eigenvalue weighted by Gasteiger charge is -2.30. The van der Waals surface area contributed by atoms with E-state index in [1.54, 1.807) is 46.0 Å². The number of allylic oxidation sites excluding steroid dienone is 3. The third-order valence-electron chi connectivity index (χ3n) is 5.60. The van der Waals surface area contributed by atoms with Crippen LogP contribution in [0.3, 0.4) is 0 Å². The van der Waals surface area contributed by atoms with E-state index in [4.69, 9.17) is 27.9 Å². The number of nitrogens with one attached hydrogen (secondary N) is 1. The van der Waals surface area contributed by atoms with Crippen LogP contribution in [0.2, 0.25) is 0 Å². The van der Waals surface area contributed by atoms with E-state index in [9.17, 15) is 13.2 Å². The summed E-state index contributed by atoms with van der Waals surface area (Å²) >= 11 is 14.5. The molecule has 4 rings (SSSR count). The second kappa shape index (κ2) is 11.0. The quantitative estimate of drug-likeness (QED) is 0.256. The van der Waals surface area contributed by atoms with Crippen LogP contribution in [0.1, 0.15) is 27.2 Å². The number of hydrogen-bond acceptors (Lipinski definition) is 7. The van der Waals surface area contributed by atoms with Crippen LogP contribution in [0.4, 0.5) is 11.5 Å². The summed E-state index contributed by atoms with van der Waals surface area (Å²) in [6.45, 7) is 4.66. The number of anilines is 2. The van der Waals surface area contributed by atoms with Gasteiger partial charge in [-0.05, 0) is 85.8 Å². The van der Waals surface area contributed by atoms with Gasteiger partial charge in [0.15, 0.2) is 5.82 Å². The second-order valence-corrected chi connectivity index (χ2v) is 13.8. The van der Waals surface area contributed by atoms with E-state index in [-0.39, 0.29) is 11.5 Å². The lowest BCUT2D eigenvalue weighted by atomic mass is 10.2. The zero-order valence-electron chi connectivity index (χ0n) is 21.1. The van der Waals surface area contributed by atoms with Crippen molar-refractivity contribution >= 4 is 84.2 Å². The molecule has 0 radical (unpaired) electrons. The summed E-state index contributed by atoms with van der Waals surface area (Å²) in [5, 5.41) is 11.6. The van der Waals surface area contributed by atoms with Crippen molar-refractivity contribution in [2.45, 2.75) is 38.0 Å². The topological polar surface area (TPSA) is 106 Å². The van der Waals surface area contributed by atoms with Crippen LogP contribution in [-0.2, 0) is 19.6 Å². The Morgan fingerprint density at radius 2 is 1.97 bits per heavy atom. The van der Waals surface area contributed by atoms with Gasteiger partial charge in [0.05, 0.1) is 11.2 Å². The first kappa shape index (κ1) is 28.7. The van der Waals surface area contributed by atoms with E-state index < -0.39 is 33.4 Å². The van der Waals surface area contributed by atoms with Gasteiger partial charge in [-0.2, -0.15) is 0 Å². The predicted octanol–water partition coefficient (Wildman–Crippen LogP) is 5.56. The maximum atomic E-state index is 13.9. The van der Waals surface area contributed by atoms with Crippen LogP contribution in [0, 0.1) is 3.57 Å². The summed E-state index contributed by atoms with van der Waals surface area (Å²) < 4.78 is 37.0. The summed E-state index contributed by atoms with van der Waals surface area (Å²) in [6.07, 6.45) is 4.87. The number of ether oxygens (including phenoxy) is 1. The van der Waals surface area contributed by atoms with Crippen LogP contribution in [0.15, 0.2) is 58.7 Å². The monoisotopic (exact) mass is 689 g/mol. The Hall–Kier alpha value is -2.35. The minimum atomic E-state index is -4.12. The van der Waals surface area contributed by atoms with Gasteiger partial charge in [0.1, 0.15) is 23.2 Å². The third kappa shape index (κ3) is 6.27. The molecule has 202 valence electrons.